The summed E-state index contributed by atoms with van der Waals surface area (Å²) < 4.78 is 5.91. The third kappa shape index (κ3) is 4.42. The van der Waals surface area contributed by atoms with Crippen LogP contribution in [0.3, 0.4) is 0 Å². The monoisotopic (exact) mass is 643 g/mol. The molecule has 3 aromatic carbocycles. The number of H-pyrrole nitrogens is 1. The second kappa shape index (κ2) is 10.6. The molecule has 4 aliphatic rings. The van der Waals surface area contributed by atoms with E-state index in [-0.39, 0.29) is 70.0 Å². The van der Waals surface area contributed by atoms with Crippen LogP contribution in [0, 0.1) is 29.6 Å². The van der Waals surface area contributed by atoms with Crippen LogP contribution in [0.25, 0.3) is 0 Å². The van der Waals surface area contributed by atoms with Crippen molar-refractivity contribution < 1.29 is 19.1 Å². The summed E-state index contributed by atoms with van der Waals surface area (Å²) in [5.41, 5.74) is 2.21. The number of amides is 3. The zero-order valence-electron chi connectivity index (χ0n) is 23.1. The maximum absolute atomic E-state index is 13.9. The predicted molar refractivity (Wildman–Crippen MR) is 169 cm³/mol. The molecule has 2 saturated carbocycles. The number of hydrogen-bond acceptors (Lipinski definition) is 7. The Morgan fingerprint density at radius 3 is 2.48 bits per heavy atom. The Kier molecular flexibility index (Phi) is 6.69. The number of carbonyl (C=O) groups is 3. The van der Waals surface area contributed by atoms with Gasteiger partial charge in [0.15, 0.2) is 6.61 Å². The second-order valence-corrected chi connectivity index (χ2v) is 14.4. The molecule has 0 spiro atoms. The molecule has 8 rings (SSSR count). The van der Waals surface area contributed by atoms with Crippen molar-refractivity contribution in [3.05, 3.63) is 104 Å². The summed E-state index contributed by atoms with van der Waals surface area (Å²) >= 11 is 8.81. The maximum atomic E-state index is 13.9. The number of hydrogen-bond donors (Lipinski definition) is 2. The van der Waals surface area contributed by atoms with Crippen molar-refractivity contribution in [3.63, 3.8) is 0 Å². The van der Waals surface area contributed by atoms with E-state index in [9.17, 15) is 19.2 Å². The number of carbonyl (C=O) groups excluding carboxylic acids is 3. The molecule has 1 aromatic heterocycles. The molecule has 3 fully saturated rings. The fraction of sp³-hybridized carbons (Fsp3) is 0.273. The quantitative estimate of drug-likeness (QED) is 0.258. The first-order chi connectivity index (χ1) is 21.4. The molecule has 2 aliphatic heterocycles. The highest BCUT2D eigenvalue weighted by Gasteiger charge is 2.69. The minimum atomic E-state index is -0.370. The predicted octanol–water partition coefficient (Wildman–Crippen LogP) is 5.79. The smallest absolute Gasteiger partial charge is 0.305 e. The molecule has 44 heavy (non-hydrogen) atoms. The molecule has 2 bridgehead atoms. The molecule has 6 unspecified atom stereocenters. The van der Waals surface area contributed by atoms with Gasteiger partial charge in [-0.3, -0.25) is 24.1 Å². The van der Waals surface area contributed by atoms with Crippen molar-refractivity contribution in [2.45, 2.75) is 22.6 Å². The third-order valence-electron chi connectivity index (χ3n) is 9.45. The molecule has 222 valence electrons. The van der Waals surface area contributed by atoms with E-state index in [1.807, 2.05) is 54.6 Å². The summed E-state index contributed by atoms with van der Waals surface area (Å²) in [5, 5.41) is 4.32. The van der Waals surface area contributed by atoms with Crippen LogP contribution in [-0.2, 0) is 14.4 Å². The van der Waals surface area contributed by atoms with Gasteiger partial charge in [-0.05, 0) is 78.3 Å². The zero-order chi connectivity index (χ0) is 30.1. The van der Waals surface area contributed by atoms with Crippen LogP contribution < -0.4 is 19.8 Å². The van der Waals surface area contributed by atoms with Gasteiger partial charge in [-0.25, -0.2) is 0 Å². The lowest BCUT2D eigenvalue weighted by Crippen LogP contribution is -2.42. The highest BCUT2D eigenvalue weighted by Crippen LogP contribution is 2.68. The van der Waals surface area contributed by atoms with Gasteiger partial charge in [0, 0.05) is 26.8 Å². The number of imide groups is 1. The Morgan fingerprint density at radius 2 is 1.70 bits per heavy atom. The first-order valence-electron chi connectivity index (χ1n) is 14.5. The third-order valence-corrected chi connectivity index (χ3v) is 12.3. The summed E-state index contributed by atoms with van der Waals surface area (Å²) in [6.07, 6.45) is 0.814. The van der Waals surface area contributed by atoms with Crippen molar-refractivity contribution in [1.82, 2.24) is 4.98 Å². The molecule has 2 aliphatic carbocycles. The molecule has 4 aromatic rings. The molecule has 11 heteroatoms. The number of thiazole rings is 1. The van der Waals surface area contributed by atoms with Gasteiger partial charge in [-0.1, -0.05) is 53.3 Å². The van der Waals surface area contributed by atoms with Gasteiger partial charge in [-0.15, -0.1) is 11.8 Å². The summed E-state index contributed by atoms with van der Waals surface area (Å²) in [6, 6.07) is 23.7. The topological polar surface area (TPSA) is 109 Å². The fourth-order valence-corrected chi connectivity index (χ4v) is 10.9. The molecule has 3 heterocycles. The fourth-order valence-electron chi connectivity index (χ4n) is 7.90. The Balaban J connectivity index is 1.09. The number of ether oxygens (including phenoxy) is 1. The summed E-state index contributed by atoms with van der Waals surface area (Å²) in [6.45, 7) is -0.179. The summed E-state index contributed by atoms with van der Waals surface area (Å²) in [4.78, 5) is 58.1. The van der Waals surface area contributed by atoms with E-state index >= 15 is 0 Å². The lowest BCUT2D eigenvalue weighted by Gasteiger charge is -2.43. The standard InChI is InChI=1S/C33H26ClN3O5S2/c34-17-9-11-18(12-10-17)35-23(38)15-42-20-8-4-5-16(13-20)24-25-21-14-22(28(25)43-30-29(24)44-33(41)36-30)27-26(21)31(39)37(32(27)40)19-6-2-1-3-7-19/h1-13,21-22,24-28H,14-15H2,(H,35,38)(H,36,41)/t21?,22?,24-,25?,26?,27?,28?/m1/s1. The Labute approximate surface area is 265 Å². The van der Waals surface area contributed by atoms with Gasteiger partial charge in [0.1, 0.15) is 5.75 Å². The molecular weight excluding hydrogens is 618 g/mol. The number of halogens is 1. The van der Waals surface area contributed by atoms with Crippen molar-refractivity contribution in [2.24, 2.45) is 29.6 Å². The van der Waals surface area contributed by atoms with Crippen molar-refractivity contribution in [2.75, 3.05) is 16.8 Å². The van der Waals surface area contributed by atoms with E-state index < -0.39 is 0 Å². The molecule has 1 saturated heterocycles. The van der Waals surface area contributed by atoms with Gasteiger partial charge in [0.25, 0.3) is 5.91 Å². The number of thioether (sulfide) groups is 1. The number of rotatable bonds is 6. The van der Waals surface area contributed by atoms with E-state index in [2.05, 4.69) is 10.3 Å². The molecule has 7 atom stereocenters. The zero-order valence-corrected chi connectivity index (χ0v) is 25.5. The van der Waals surface area contributed by atoms with Gasteiger partial charge in [0.2, 0.25) is 11.8 Å². The second-order valence-electron chi connectivity index (χ2n) is 11.7. The van der Waals surface area contributed by atoms with Gasteiger partial charge in [-0.2, -0.15) is 0 Å². The Morgan fingerprint density at radius 1 is 0.955 bits per heavy atom. The number of nitrogens with zero attached hydrogens (tertiary/aromatic N) is 1. The molecule has 0 radical (unpaired) electrons. The minimum Gasteiger partial charge on any atom is -0.484 e. The van der Waals surface area contributed by atoms with Crippen molar-refractivity contribution >= 4 is 63.8 Å². The van der Waals surface area contributed by atoms with E-state index in [1.54, 1.807) is 36.0 Å². The van der Waals surface area contributed by atoms with Gasteiger partial charge < -0.3 is 15.0 Å². The Hall–Kier alpha value is -3.86. The average Bonchev–Trinajstić information content (AvgIpc) is 3.76. The van der Waals surface area contributed by atoms with Crippen molar-refractivity contribution in [3.8, 4) is 5.75 Å². The van der Waals surface area contributed by atoms with Crippen molar-refractivity contribution in [1.29, 1.82) is 0 Å². The summed E-state index contributed by atoms with van der Waals surface area (Å²) in [5.74, 6) is -0.715. The highest BCUT2D eigenvalue weighted by molar-refractivity contribution is 8.00. The van der Waals surface area contributed by atoms with Gasteiger partial charge >= 0.3 is 4.87 Å². The number of aromatic amines is 1. The lowest BCUT2D eigenvalue weighted by atomic mass is 9.68. The van der Waals surface area contributed by atoms with Crippen LogP contribution in [0.4, 0.5) is 11.4 Å². The lowest BCUT2D eigenvalue weighted by molar-refractivity contribution is -0.123. The first kappa shape index (κ1) is 27.7. The number of benzene rings is 3. The molecule has 2 N–H and O–H groups in total. The normalized spacial score (nSPS) is 28.0. The van der Waals surface area contributed by atoms with Crippen LogP contribution in [0.1, 0.15) is 22.8 Å². The number of fused-ring (bicyclic) bond motifs is 9. The SMILES string of the molecule is O=C(COc1cccc([C@H]2c3sc(=O)[nH]c3SC3C4CC(C5C(=O)N(c6ccccc6)C(=O)C45)C32)c1)Nc1ccc(Cl)cc1. The van der Waals surface area contributed by atoms with E-state index in [0.717, 1.165) is 21.9 Å². The Bertz CT molecular complexity index is 1860. The molecule has 8 nitrogen and oxygen atoms in total. The van der Waals surface area contributed by atoms with Crippen LogP contribution in [-0.4, -0.2) is 34.6 Å². The van der Waals surface area contributed by atoms with Crippen LogP contribution >= 0.6 is 34.7 Å². The van der Waals surface area contributed by atoms with Crippen LogP contribution in [0.2, 0.25) is 5.02 Å². The van der Waals surface area contributed by atoms with E-state index in [4.69, 9.17) is 16.3 Å². The van der Waals surface area contributed by atoms with E-state index in [1.165, 1.54) is 16.2 Å². The van der Waals surface area contributed by atoms with Crippen LogP contribution in [0.15, 0.2) is 88.7 Å². The first-order valence-corrected chi connectivity index (χ1v) is 16.6. The maximum Gasteiger partial charge on any atom is 0.305 e. The summed E-state index contributed by atoms with van der Waals surface area (Å²) in [7, 11) is 0. The number of aromatic nitrogens is 1. The minimum absolute atomic E-state index is 0.0118. The number of para-hydroxylation sites is 1. The van der Waals surface area contributed by atoms with Gasteiger partial charge in [0.05, 0.1) is 22.5 Å². The highest BCUT2D eigenvalue weighted by atomic mass is 35.5. The largest absolute Gasteiger partial charge is 0.484 e. The number of nitrogens with one attached hydrogen (secondary N) is 2. The average molecular weight is 644 g/mol. The molecular formula is C33H26ClN3O5S2. The van der Waals surface area contributed by atoms with Crippen LogP contribution in [0.5, 0.6) is 5.75 Å². The van der Waals surface area contributed by atoms with E-state index in [0.29, 0.717) is 22.1 Å². The number of anilines is 2. The molecule has 3 amide bonds.